The van der Waals surface area contributed by atoms with E-state index >= 15 is 0 Å². The van der Waals surface area contributed by atoms with Gasteiger partial charge in [-0.15, -0.1) is 11.3 Å². The summed E-state index contributed by atoms with van der Waals surface area (Å²) in [5.74, 6) is 0.717. The fourth-order valence-electron chi connectivity index (χ4n) is 3.91. The first-order chi connectivity index (χ1) is 10.2. The molecule has 3 saturated heterocycles. The van der Waals surface area contributed by atoms with Crippen molar-refractivity contribution >= 4 is 11.3 Å². The maximum absolute atomic E-state index is 5.25. The van der Waals surface area contributed by atoms with Gasteiger partial charge in [0.25, 0.3) is 0 Å². The van der Waals surface area contributed by atoms with Gasteiger partial charge in [0.2, 0.25) is 0 Å². The zero-order valence-electron chi connectivity index (χ0n) is 13.4. The molecule has 0 amide bonds. The lowest BCUT2D eigenvalue weighted by Gasteiger charge is -2.52. The van der Waals surface area contributed by atoms with Crippen molar-refractivity contribution in [1.29, 1.82) is 0 Å². The Morgan fingerprint density at radius 3 is 2.71 bits per heavy atom. The smallest absolute Gasteiger partial charge is 0.115 e. The van der Waals surface area contributed by atoms with Crippen molar-refractivity contribution < 1.29 is 4.74 Å². The monoisotopic (exact) mass is 309 g/mol. The Morgan fingerprint density at radius 1 is 1.43 bits per heavy atom. The Balaban J connectivity index is 1.91. The van der Waals surface area contributed by atoms with Crippen LogP contribution in [0.2, 0.25) is 0 Å². The molecule has 0 spiro atoms. The SMILES string of the molecule is CCc1nc(C2(NCCOC)CN3CCC2CC3)sc1C. The molecule has 2 bridgehead atoms. The molecule has 3 fully saturated rings. The fraction of sp³-hybridized carbons (Fsp3) is 0.812. The molecule has 0 aromatic carbocycles. The van der Waals surface area contributed by atoms with E-state index in [9.17, 15) is 0 Å². The molecule has 4 nitrogen and oxygen atoms in total. The van der Waals surface area contributed by atoms with Gasteiger partial charge < -0.3 is 15.0 Å². The quantitative estimate of drug-likeness (QED) is 0.817. The van der Waals surface area contributed by atoms with Crippen molar-refractivity contribution in [2.24, 2.45) is 5.92 Å². The van der Waals surface area contributed by atoms with E-state index in [1.54, 1.807) is 7.11 Å². The van der Waals surface area contributed by atoms with Crippen LogP contribution < -0.4 is 5.32 Å². The van der Waals surface area contributed by atoms with Crippen LogP contribution in [-0.2, 0) is 16.7 Å². The fourth-order valence-corrected chi connectivity index (χ4v) is 5.15. The molecule has 21 heavy (non-hydrogen) atoms. The highest BCUT2D eigenvalue weighted by molar-refractivity contribution is 7.11. The van der Waals surface area contributed by atoms with E-state index in [4.69, 9.17) is 9.72 Å². The van der Waals surface area contributed by atoms with Crippen molar-refractivity contribution in [3.63, 3.8) is 0 Å². The van der Waals surface area contributed by atoms with Crippen LogP contribution in [0.25, 0.3) is 0 Å². The topological polar surface area (TPSA) is 37.4 Å². The molecule has 1 aromatic rings. The van der Waals surface area contributed by atoms with E-state index in [-0.39, 0.29) is 5.54 Å². The number of rotatable bonds is 6. The second kappa shape index (κ2) is 6.32. The number of aromatic nitrogens is 1. The molecule has 3 aliphatic rings. The van der Waals surface area contributed by atoms with Gasteiger partial charge in [-0.05, 0) is 45.2 Å². The molecule has 3 aliphatic heterocycles. The summed E-state index contributed by atoms with van der Waals surface area (Å²) < 4.78 is 5.25. The molecule has 1 unspecified atom stereocenters. The Kier molecular flexibility index (Phi) is 4.64. The van der Waals surface area contributed by atoms with Crippen molar-refractivity contribution in [3.8, 4) is 0 Å². The summed E-state index contributed by atoms with van der Waals surface area (Å²) in [4.78, 5) is 9.00. The van der Waals surface area contributed by atoms with Gasteiger partial charge in [-0.1, -0.05) is 6.92 Å². The lowest BCUT2D eigenvalue weighted by molar-refractivity contribution is -0.000251. The average Bonchev–Trinajstić information content (AvgIpc) is 2.90. The third kappa shape index (κ3) is 2.77. The van der Waals surface area contributed by atoms with Crippen LogP contribution >= 0.6 is 11.3 Å². The minimum absolute atomic E-state index is 0.0534. The van der Waals surface area contributed by atoms with E-state index in [1.807, 2.05) is 11.3 Å². The lowest BCUT2D eigenvalue weighted by atomic mass is 9.73. The number of hydrogen-bond donors (Lipinski definition) is 1. The summed E-state index contributed by atoms with van der Waals surface area (Å²) in [6, 6.07) is 0. The van der Waals surface area contributed by atoms with E-state index in [2.05, 4.69) is 24.1 Å². The molecule has 5 heteroatoms. The van der Waals surface area contributed by atoms with Crippen molar-refractivity contribution in [2.75, 3.05) is 39.9 Å². The molecule has 0 saturated carbocycles. The van der Waals surface area contributed by atoms with Gasteiger partial charge in [-0.2, -0.15) is 0 Å². The van der Waals surface area contributed by atoms with Crippen LogP contribution in [0.1, 0.15) is 35.3 Å². The number of nitrogens with zero attached hydrogens (tertiary/aromatic N) is 2. The van der Waals surface area contributed by atoms with Crippen LogP contribution in [0.15, 0.2) is 0 Å². The summed E-state index contributed by atoms with van der Waals surface area (Å²) in [6.45, 7) is 9.70. The Labute approximate surface area is 131 Å². The summed E-state index contributed by atoms with van der Waals surface area (Å²) in [5.41, 5.74) is 1.33. The molecule has 1 atom stereocenters. The van der Waals surface area contributed by atoms with E-state index in [0.717, 1.165) is 32.0 Å². The van der Waals surface area contributed by atoms with Crippen LogP contribution in [0.4, 0.5) is 0 Å². The standard InChI is InChI=1S/C16H27N3OS/c1-4-14-12(2)21-15(18-14)16(17-7-10-20-3)11-19-8-5-13(16)6-9-19/h13,17H,4-11H2,1-3H3. The van der Waals surface area contributed by atoms with Crippen LogP contribution in [0.5, 0.6) is 0 Å². The maximum atomic E-state index is 5.25. The third-order valence-electron chi connectivity index (χ3n) is 5.11. The highest BCUT2D eigenvalue weighted by Gasteiger charge is 2.49. The van der Waals surface area contributed by atoms with Gasteiger partial charge in [0.05, 0.1) is 17.8 Å². The summed E-state index contributed by atoms with van der Waals surface area (Å²) in [5, 5.41) is 5.14. The first-order valence-corrected chi connectivity index (χ1v) is 8.94. The molecule has 1 aromatic heterocycles. The lowest BCUT2D eigenvalue weighted by Crippen LogP contribution is -2.64. The predicted molar refractivity (Wildman–Crippen MR) is 86.9 cm³/mol. The zero-order valence-corrected chi connectivity index (χ0v) is 14.3. The Hall–Kier alpha value is -0.490. The normalized spacial score (nSPS) is 31.8. The average molecular weight is 309 g/mol. The minimum atomic E-state index is 0.0534. The minimum Gasteiger partial charge on any atom is -0.383 e. The zero-order chi connectivity index (χ0) is 14.9. The predicted octanol–water partition coefficient (Wildman–Crippen LogP) is 2.17. The van der Waals surface area contributed by atoms with Crippen LogP contribution in [0, 0.1) is 12.8 Å². The Bertz CT molecular complexity index is 482. The molecule has 4 rings (SSSR count). The number of fused-ring (bicyclic) bond motifs is 3. The van der Waals surface area contributed by atoms with Gasteiger partial charge in [0, 0.05) is 25.1 Å². The Morgan fingerprint density at radius 2 is 2.19 bits per heavy atom. The van der Waals surface area contributed by atoms with Gasteiger partial charge >= 0.3 is 0 Å². The summed E-state index contributed by atoms with van der Waals surface area (Å²) in [6.07, 6.45) is 3.62. The first kappa shape index (κ1) is 15.4. The first-order valence-electron chi connectivity index (χ1n) is 8.12. The highest BCUT2D eigenvalue weighted by atomic mass is 32.1. The number of piperidine rings is 3. The third-order valence-corrected chi connectivity index (χ3v) is 6.30. The molecule has 0 aliphatic carbocycles. The number of nitrogens with one attached hydrogen (secondary N) is 1. The number of ether oxygens (including phenoxy) is 1. The largest absolute Gasteiger partial charge is 0.383 e. The van der Waals surface area contributed by atoms with E-state index in [0.29, 0.717) is 0 Å². The van der Waals surface area contributed by atoms with Gasteiger partial charge in [-0.25, -0.2) is 4.98 Å². The number of hydrogen-bond acceptors (Lipinski definition) is 5. The van der Waals surface area contributed by atoms with E-state index < -0.39 is 0 Å². The molecule has 1 N–H and O–H groups in total. The van der Waals surface area contributed by atoms with Crippen molar-refractivity contribution in [1.82, 2.24) is 15.2 Å². The summed E-state index contributed by atoms with van der Waals surface area (Å²) in [7, 11) is 1.77. The van der Waals surface area contributed by atoms with Crippen LogP contribution in [-0.4, -0.2) is 49.8 Å². The molecular formula is C16H27N3OS. The second-order valence-electron chi connectivity index (χ2n) is 6.32. The number of thiazole rings is 1. The molecular weight excluding hydrogens is 282 g/mol. The number of methoxy groups -OCH3 is 1. The highest BCUT2D eigenvalue weighted by Crippen LogP contribution is 2.44. The van der Waals surface area contributed by atoms with Gasteiger partial charge in [0.15, 0.2) is 0 Å². The molecule has 4 heterocycles. The summed E-state index contributed by atoms with van der Waals surface area (Å²) >= 11 is 1.90. The van der Waals surface area contributed by atoms with E-state index in [1.165, 1.54) is 41.5 Å². The number of aryl methyl sites for hydroxylation is 2. The molecule has 118 valence electrons. The van der Waals surface area contributed by atoms with Crippen molar-refractivity contribution in [2.45, 2.75) is 38.6 Å². The van der Waals surface area contributed by atoms with Gasteiger partial charge in [-0.3, -0.25) is 0 Å². The molecule has 0 radical (unpaired) electrons. The second-order valence-corrected chi connectivity index (χ2v) is 7.52. The van der Waals surface area contributed by atoms with Crippen molar-refractivity contribution in [3.05, 3.63) is 15.6 Å². The van der Waals surface area contributed by atoms with Gasteiger partial charge in [0.1, 0.15) is 5.01 Å². The van der Waals surface area contributed by atoms with Crippen LogP contribution in [0.3, 0.4) is 0 Å². The maximum Gasteiger partial charge on any atom is 0.115 e.